The van der Waals surface area contributed by atoms with Crippen molar-refractivity contribution in [2.24, 2.45) is 0 Å². The Kier molecular flexibility index (Phi) is 5.75. The van der Waals surface area contributed by atoms with E-state index in [0.29, 0.717) is 6.42 Å². The third-order valence-corrected chi connectivity index (χ3v) is 3.03. The molecular formula is C15H22O2. The minimum Gasteiger partial charge on any atom is -0.508 e. The highest BCUT2D eigenvalue weighted by Crippen LogP contribution is 2.18. The van der Waals surface area contributed by atoms with Crippen LogP contribution in [0.5, 0.6) is 5.75 Å². The molecule has 0 heterocycles. The lowest BCUT2D eigenvalue weighted by Gasteiger charge is -2.04. The Morgan fingerprint density at radius 2 is 1.88 bits per heavy atom. The summed E-state index contributed by atoms with van der Waals surface area (Å²) >= 11 is 0. The van der Waals surface area contributed by atoms with E-state index in [0.717, 1.165) is 24.0 Å². The summed E-state index contributed by atoms with van der Waals surface area (Å²) in [5, 5.41) is 9.39. The molecular weight excluding hydrogens is 212 g/mol. The van der Waals surface area contributed by atoms with Crippen molar-refractivity contribution in [3.63, 3.8) is 0 Å². The fourth-order valence-electron chi connectivity index (χ4n) is 1.86. The van der Waals surface area contributed by atoms with E-state index in [1.54, 1.807) is 18.2 Å². The number of unbranched alkanes of at least 4 members (excludes halogenated alkanes) is 4. The van der Waals surface area contributed by atoms with Crippen LogP contribution in [0.25, 0.3) is 0 Å². The Hall–Kier alpha value is -1.31. The second-order valence-corrected chi connectivity index (χ2v) is 4.59. The monoisotopic (exact) mass is 234 g/mol. The number of aryl methyl sites for hydroxylation is 1. The van der Waals surface area contributed by atoms with Crippen LogP contribution < -0.4 is 0 Å². The van der Waals surface area contributed by atoms with Gasteiger partial charge in [0.25, 0.3) is 0 Å². The van der Waals surface area contributed by atoms with Crippen LogP contribution in [-0.2, 0) is 0 Å². The summed E-state index contributed by atoms with van der Waals surface area (Å²) in [7, 11) is 0. The molecule has 0 saturated heterocycles. The molecule has 2 heteroatoms. The number of benzene rings is 1. The van der Waals surface area contributed by atoms with E-state index in [9.17, 15) is 9.90 Å². The number of ketones is 1. The molecule has 1 N–H and O–H groups in total. The number of phenolic OH excluding ortho intramolecular Hbond substituents is 1. The number of hydrogen-bond donors (Lipinski definition) is 1. The molecule has 1 rings (SSSR count). The number of carbonyl (C=O) groups excluding carboxylic acids is 1. The molecule has 0 amide bonds. The normalized spacial score (nSPS) is 10.5. The number of carbonyl (C=O) groups is 1. The van der Waals surface area contributed by atoms with Crippen LogP contribution in [0.15, 0.2) is 18.2 Å². The van der Waals surface area contributed by atoms with Gasteiger partial charge in [-0.1, -0.05) is 32.6 Å². The molecule has 0 aromatic heterocycles. The summed E-state index contributed by atoms with van der Waals surface area (Å²) in [5.74, 6) is 0.439. The van der Waals surface area contributed by atoms with Gasteiger partial charge in [0.05, 0.1) is 0 Å². The summed E-state index contributed by atoms with van der Waals surface area (Å²) in [5.41, 5.74) is 1.48. The lowest BCUT2D eigenvalue weighted by atomic mass is 10.0. The molecule has 0 spiro atoms. The van der Waals surface area contributed by atoms with E-state index in [-0.39, 0.29) is 11.5 Å². The first-order valence-electron chi connectivity index (χ1n) is 6.48. The van der Waals surface area contributed by atoms with Crippen molar-refractivity contribution in [1.29, 1.82) is 0 Å². The largest absolute Gasteiger partial charge is 0.508 e. The average Bonchev–Trinajstić information content (AvgIpc) is 2.32. The standard InChI is InChI=1S/C15H22O2/c1-3-4-5-6-7-8-15(17)13-9-10-14(16)12(2)11-13/h9-11,16H,3-8H2,1-2H3. The van der Waals surface area contributed by atoms with Crippen LogP contribution in [0.3, 0.4) is 0 Å². The number of hydrogen-bond acceptors (Lipinski definition) is 2. The van der Waals surface area contributed by atoms with E-state index in [1.807, 2.05) is 6.92 Å². The van der Waals surface area contributed by atoms with Gasteiger partial charge in [0.2, 0.25) is 0 Å². The first-order chi connectivity index (χ1) is 8.15. The number of rotatable bonds is 7. The summed E-state index contributed by atoms with van der Waals surface area (Å²) < 4.78 is 0. The van der Waals surface area contributed by atoms with Gasteiger partial charge in [0.1, 0.15) is 5.75 Å². The molecule has 0 atom stereocenters. The van der Waals surface area contributed by atoms with Gasteiger partial charge in [0.15, 0.2) is 5.78 Å². The lowest BCUT2D eigenvalue weighted by Crippen LogP contribution is -1.99. The van der Waals surface area contributed by atoms with Gasteiger partial charge in [-0.15, -0.1) is 0 Å². The number of Topliss-reactive ketones (excluding diaryl/α,β-unsaturated/α-hetero) is 1. The first kappa shape index (κ1) is 13.8. The first-order valence-corrected chi connectivity index (χ1v) is 6.48. The lowest BCUT2D eigenvalue weighted by molar-refractivity contribution is 0.0979. The zero-order valence-electron chi connectivity index (χ0n) is 10.8. The number of phenols is 1. The van der Waals surface area contributed by atoms with Gasteiger partial charge >= 0.3 is 0 Å². The Balaban J connectivity index is 2.39. The zero-order chi connectivity index (χ0) is 12.7. The van der Waals surface area contributed by atoms with E-state index in [2.05, 4.69) is 6.92 Å². The highest BCUT2D eigenvalue weighted by atomic mass is 16.3. The number of aromatic hydroxyl groups is 1. The Labute approximate surface area is 104 Å². The van der Waals surface area contributed by atoms with Crippen LogP contribution in [0.4, 0.5) is 0 Å². The molecule has 0 saturated carbocycles. The van der Waals surface area contributed by atoms with Crippen molar-refractivity contribution in [2.45, 2.75) is 52.4 Å². The molecule has 1 aromatic rings. The minimum absolute atomic E-state index is 0.185. The fraction of sp³-hybridized carbons (Fsp3) is 0.533. The van der Waals surface area contributed by atoms with Crippen LogP contribution in [0.1, 0.15) is 61.4 Å². The molecule has 0 fully saturated rings. The summed E-state index contributed by atoms with van der Waals surface area (Å²) in [6, 6.07) is 5.07. The maximum Gasteiger partial charge on any atom is 0.162 e. The zero-order valence-corrected chi connectivity index (χ0v) is 10.8. The average molecular weight is 234 g/mol. The van der Waals surface area contributed by atoms with Gasteiger partial charge in [-0.05, 0) is 37.1 Å². The van der Waals surface area contributed by atoms with Crippen LogP contribution >= 0.6 is 0 Å². The van der Waals surface area contributed by atoms with Crippen molar-refractivity contribution >= 4 is 5.78 Å². The second kappa shape index (κ2) is 7.10. The quantitative estimate of drug-likeness (QED) is 0.566. The van der Waals surface area contributed by atoms with E-state index >= 15 is 0 Å². The predicted molar refractivity (Wildman–Crippen MR) is 70.6 cm³/mol. The minimum atomic E-state index is 0.185. The van der Waals surface area contributed by atoms with Gasteiger partial charge < -0.3 is 5.11 Å². The third-order valence-electron chi connectivity index (χ3n) is 3.03. The van der Waals surface area contributed by atoms with Crippen molar-refractivity contribution in [1.82, 2.24) is 0 Å². The Morgan fingerprint density at radius 3 is 2.53 bits per heavy atom. The molecule has 0 radical (unpaired) electrons. The molecule has 0 aliphatic heterocycles. The molecule has 0 bridgehead atoms. The van der Waals surface area contributed by atoms with Crippen molar-refractivity contribution in [3.05, 3.63) is 29.3 Å². The highest BCUT2D eigenvalue weighted by molar-refractivity contribution is 5.96. The van der Waals surface area contributed by atoms with Crippen LogP contribution in [0, 0.1) is 6.92 Å². The summed E-state index contributed by atoms with van der Waals surface area (Å²) in [6.07, 6.45) is 6.43. The molecule has 0 aliphatic rings. The second-order valence-electron chi connectivity index (χ2n) is 4.59. The summed E-state index contributed by atoms with van der Waals surface area (Å²) in [4.78, 5) is 11.9. The van der Waals surface area contributed by atoms with Gasteiger partial charge in [-0.25, -0.2) is 0 Å². The fourth-order valence-corrected chi connectivity index (χ4v) is 1.86. The van der Waals surface area contributed by atoms with Crippen molar-refractivity contribution in [2.75, 3.05) is 0 Å². The van der Waals surface area contributed by atoms with E-state index in [4.69, 9.17) is 0 Å². The van der Waals surface area contributed by atoms with Crippen molar-refractivity contribution in [3.8, 4) is 5.75 Å². The Morgan fingerprint density at radius 1 is 1.18 bits per heavy atom. The molecule has 1 aromatic carbocycles. The molecule has 0 unspecified atom stereocenters. The predicted octanol–water partition coefficient (Wildman–Crippen LogP) is 4.24. The summed E-state index contributed by atoms with van der Waals surface area (Å²) in [6.45, 7) is 4.00. The van der Waals surface area contributed by atoms with Gasteiger partial charge in [-0.3, -0.25) is 4.79 Å². The molecule has 17 heavy (non-hydrogen) atoms. The smallest absolute Gasteiger partial charge is 0.162 e. The van der Waals surface area contributed by atoms with Crippen LogP contribution in [0.2, 0.25) is 0 Å². The van der Waals surface area contributed by atoms with Crippen LogP contribution in [-0.4, -0.2) is 10.9 Å². The highest BCUT2D eigenvalue weighted by Gasteiger charge is 2.07. The van der Waals surface area contributed by atoms with E-state index in [1.165, 1.54) is 19.3 Å². The third kappa shape index (κ3) is 4.59. The van der Waals surface area contributed by atoms with Gasteiger partial charge in [0, 0.05) is 12.0 Å². The SMILES string of the molecule is CCCCCCCC(=O)c1ccc(O)c(C)c1. The molecule has 0 aliphatic carbocycles. The van der Waals surface area contributed by atoms with Gasteiger partial charge in [-0.2, -0.15) is 0 Å². The topological polar surface area (TPSA) is 37.3 Å². The molecule has 94 valence electrons. The Bertz CT molecular complexity index is 369. The van der Waals surface area contributed by atoms with E-state index < -0.39 is 0 Å². The van der Waals surface area contributed by atoms with Crippen molar-refractivity contribution < 1.29 is 9.90 Å². The maximum absolute atomic E-state index is 11.9. The maximum atomic E-state index is 11.9. The molecule has 2 nitrogen and oxygen atoms in total.